The summed E-state index contributed by atoms with van der Waals surface area (Å²) in [6.45, 7) is 2.12. The second-order valence-electron chi connectivity index (χ2n) is 4.81. The van der Waals surface area contributed by atoms with Gasteiger partial charge in [0.25, 0.3) is 0 Å². The molecule has 112 valence electrons. The van der Waals surface area contributed by atoms with E-state index in [1.54, 1.807) is 0 Å². The molecule has 1 aromatic heterocycles. The zero-order valence-electron chi connectivity index (χ0n) is 11.9. The molecule has 0 bridgehead atoms. The Bertz CT molecular complexity index is 431. The maximum absolute atomic E-state index is 11.0. The summed E-state index contributed by atoms with van der Waals surface area (Å²) < 4.78 is 4.60. The van der Waals surface area contributed by atoms with Gasteiger partial charge in [-0.1, -0.05) is 13.3 Å². The van der Waals surface area contributed by atoms with Gasteiger partial charge in [0.2, 0.25) is 0 Å². The van der Waals surface area contributed by atoms with Gasteiger partial charge in [0.05, 0.1) is 7.11 Å². The Hall–Kier alpha value is -0.870. The predicted molar refractivity (Wildman–Crippen MR) is 82.7 cm³/mol. The third-order valence-corrected chi connectivity index (χ3v) is 4.67. The van der Waals surface area contributed by atoms with Gasteiger partial charge in [-0.05, 0) is 37.8 Å². The maximum Gasteiger partial charge on any atom is 0.348 e. The van der Waals surface area contributed by atoms with Crippen LogP contribution in [0.4, 0.5) is 0 Å². The Morgan fingerprint density at radius 1 is 1.50 bits per heavy atom. The van der Waals surface area contributed by atoms with Gasteiger partial charge in [0.1, 0.15) is 11.2 Å². The average Bonchev–Trinajstić information content (AvgIpc) is 3.08. The number of thiophene rings is 1. The number of ether oxygens (including phenoxy) is 1. The minimum absolute atomic E-state index is 0.234. The van der Waals surface area contributed by atoms with Gasteiger partial charge in [-0.3, -0.25) is 0 Å². The molecule has 0 amide bonds. The van der Waals surface area contributed by atoms with Crippen LogP contribution in [0.25, 0.3) is 0 Å². The Labute approximate surface area is 129 Å². The Balaban J connectivity index is 0.000000217. The number of aldehydes is 1. The molecule has 0 aromatic carbocycles. The SMILES string of the molecule is CCCc1ccc(C(=O)OC)s1.O=CC1CCC(Cl)C1. The van der Waals surface area contributed by atoms with Gasteiger partial charge in [-0.15, -0.1) is 22.9 Å². The molecule has 1 aromatic rings. The molecule has 0 aliphatic heterocycles. The topological polar surface area (TPSA) is 43.4 Å². The molecule has 1 fully saturated rings. The lowest BCUT2D eigenvalue weighted by Crippen LogP contribution is -1.96. The molecule has 1 heterocycles. The summed E-state index contributed by atoms with van der Waals surface area (Å²) >= 11 is 7.24. The van der Waals surface area contributed by atoms with E-state index >= 15 is 0 Å². The molecule has 1 aliphatic rings. The second kappa shape index (κ2) is 9.14. The molecule has 1 saturated carbocycles. The number of hydrogen-bond donors (Lipinski definition) is 0. The number of carbonyl (C=O) groups excluding carboxylic acids is 2. The van der Waals surface area contributed by atoms with Crippen molar-refractivity contribution in [2.45, 2.75) is 44.4 Å². The third-order valence-electron chi connectivity index (χ3n) is 3.15. The number of alkyl halides is 1. The smallest absolute Gasteiger partial charge is 0.348 e. The van der Waals surface area contributed by atoms with Crippen LogP contribution in [0.2, 0.25) is 0 Å². The summed E-state index contributed by atoms with van der Waals surface area (Å²) in [6.07, 6.45) is 6.08. The summed E-state index contributed by atoms with van der Waals surface area (Å²) in [5.74, 6) is 0.0276. The first-order chi connectivity index (χ1) is 9.60. The lowest BCUT2D eigenvalue weighted by Gasteiger charge is -1.93. The van der Waals surface area contributed by atoms with Crippen LogP contribution in [0.5, 0.6) is 0 Å². The van der Waals surface area contributed by atoms with Crippen molar-refractivity contribution in [2.75, 3.05) is 7.11 Å². The Morgan fingerprint density at radius 3 is 2.70 bits per heavy atom. The van der Waals surface area contributed by atoms with Crippen LogP contribution >= 0.6 is 22.9 Å². The summed E-state index contributed by atoms with van der Waals surface area (Å²) in [5.41, 5.74) is 0. The fourth-order valence-corrected chi connectivity index (χ4v) is 3.43. The van der Waals surface area contributed by atoms with E-state index < -0.39 is 0 Å². The summed E-state index contributed by atoms with van der Waals surface area (Å²) in [5, 5.41) is 0.269. The van der Waals surface area contributed by atoms with Gasteiger partial charge in [-0.2, -0.15) is 0 Å². The van der Waals surface area contributed by atoms with Crippen molar-refractivity contribution in [1.29, 1.82) is 0 Å². The van der Waals surface area contributed by atoms with E-state index in [4.69, 9.17) is 11.6 Å². The van der Waals surface area contributed by atoms with Crippen LogP contribution in [-0.2, 0) is 16.0 Å². The van der Waals surface area contributed by atoms with Crippen molar-refractivity contribution in [2.24, 2.45) is 5.92 Å². The predicted octanol–water partition coefficient (Wildman–Crippen LogP) is 4.08. The van der Waals surface area contributed by atoms with Gasteiger partial charge in [-0.25, -0.2) is 4.79 Å². The van der Waals surface area contributed by atoms with Gasteiger partial charge < -0.3 is 9.53 Å². The highest BCUT2D eigenvalue weighted by molar-refractivity contribution is 7.13. The standard InChI is InChI=1S/C9H12O2S.C6H9ClO/c1-3-4-7-5-6-8(12-7)9(10)11-2;7-6-2-1-5(3-6)4-8/h5-6H,3-4H2,1-2H3;4-6H,1-3H2. The lowest BCUT2D eigenvalue weighted by atomic mass is 10.1. The van der Waals surface area contributed by atoms with Crippen LogP contribution in [0.1, 0.15) is 47.2 Å². The second-order valence-corrected chi connectivity index (χ2v) is 6.60. The number of methoxy groups -OCH3 is 1. The maximum atomic E-state index is 11.0. The van der Waals surface area contributed by atoms with Crippen molar-refractivity contribution in [3.8, 4) is 0 Å². The van der Waals surface area contributed by atoms with E-state index in [0.29, 0.717) is 4.88 Å². The van der Waals surface area contributed by atoms with E-state index in [1.807, 2.05) is 12.1 Å². The number of hydrogen-bond acceptors (Lipinski definition) is 4. The van der Waals surface area contributed by atoms with Crippen molar-refractivity contribution in [3.05, 3.63) is 21.9 Å². The quantitative estimate of drug-likeness (QED) is 0.477. The highest BCUT2D eigenvalue weighted by atomic mass is 35.5. The highest BCUT2D eigenvalue weighted by Gasteiger charge is 2.21. The number of esters is 1. The Kier molecular flexibility index (Phi) is 7.85. The molecule has 20 heavy (non-hydrogen) atoms. The first kappa shape index (κ1) is 17.2. The fraction of sp³-hybridized carbons (Fsp3) is 0.600. The number of halogens is 1. The first-order valence-electron chi connectivity index (χ1n) is 6.87. The zero-order valence-corrected chi connectivity index (χ0v) is 13.5. The molecule has 2 rings (SSSR count). The summed E-state index contributed by atoms with van der Waals surface area (Å²) in [7, 11) is 1.40. The van der Waals surface area contributed by atoms with Crippen molar-refractivity contribution in [1.82, 2.24) is 0 Å². The normalized spacial score (nSPS) is 20.9. The van der Waals surface area contributed by atoms with E-state index in [9.17, 15) is 9.59 Å². The van der Waals surface area contributed by atoms with Gasteiger partial charge in [0.15, 0.2) is 0 Å². The van der Waals surface area contributed by atoms with Gasteiger partial charge in [0, 0.05) is 16.2 Å². The van der Waals surface area contributed by atoms with Crippen molar-refractivity contribution < 1.29 is 14.3 Å². The zero-order chi connectivity index (χ0) is 15.0. The van der Waals surface area contributed by atoms with Crippen molar-refractivity contribution in [3.63, 3.8) is 0 Å². The molecular formula is C15H21ClO3S. The molecule has 0 N–H and O–H groups in total. The lowest BCUT2D eigenvalue weighted by molar-refractivity contribution is -0.110. The van der Waals surface area contributed by atoms with E-state index in [-0.39, 0.29) is 17.3 Å². The fourth-order valence-electron chi connectivity index (χ4n) is 2.05. The number of carbonyl (C=O) groups is 2. The minimum Gasteiger partial charge on any atom is -0.465 e. The largest absolute Gasteiger partial charge is 0.465 e. The van der Waals surface area contributed by atoms with E-state index in [0.717, 1.165) is 38.4 Å². The summed E-state index contributed by atoms with van der Waals surface area (Å²) in [6, 6.07) is 3.81. The molecular weight excluding hydrogens is 296 g/mol. The van der Waals surface area contributed by atoms with Crippen molar-refractivity contribution >= 4 is 35.2 Å². The number of aryl methyl sites for hydroxylation is 1. The van der Waals surface area contributed by atoms with Crippen LogP contribution < -0.4 is 0 Å². The van der Waals surface area contributed by atoms with Crippen LogP contribution in [0, 0.1) is 5.92 Å². The molecule has 0 saturated heterocycles. The Morgan fingerprint density at radius 2 is 2.25 bits per heavy atom. The monoisotopic (exact) mass is 316 g/mol. The molecule has 2 unspecified atom stereocenters. The molecule has 0 radical (unpaired) electrons. The molecule has 5 heteroatoms. The molecule has 1 aliphatic carbocycles. The number of rotatable bonds is 4. The minimum atomic E-state index is -0.234. The summed E-state index contributed by atoms with van der Waals surface area (Å²) in [4.78, 5) is 23.1. The van der Waals surface area contributed by atoms with Crippen LogP contribution in [0.3, 0.4) is 0 Å². The first-order valence-corrected chi connectivity index (χ1v) is 8.12. The van der Waals surface area contributed by atoms with E-state index in [1.165, 1.54) is 23.3 Å². The molecule has 3 nitrogen and oxygen atoms in total. The molecule has 2 atom stereocenters. The average molecular weight is 317 g/mol. The molecule has 0 spiro atoms. The van der Waals surface area contributed by atoms with Crippen LogP contribution in [0.15, 0.2) is 12.1 Å². The highest BCUT2D eigenvalue weighted by Crippen LogP contribution is 2.27. The van der Waals surface area contributed by atoms with Crippen LogP contribution in [-0.4, -0.2) is 24.7 Å². The third kappa shape index (κ3) is 5.63. The van der Waals surface area contributed by atoms with E-state index in [2.05, 4.69) is 11.7 Å². The van der Waals surface area contributed by atoms with Gasteiger partial charge >= 0.3 is 5.97 Å².